The first-order chi connectivity index (χ1) is 15.6. The Morgan fingerprint density at radius 2 is 1.70 bits per heavy atom. The van der Waals surface area contributed by atoms with Crippen LogP contribution in [-0.4, -0.2) is 29.4 Å². The second-order valence-corrected chi connectivity index (χ2v) is 17.3. The van der Waals surface area contributed by atoms with Gasteiger partial charge in [-0.25, -0.2) is 0 Å². The van der Waals surface area contributed by atoms with E-state index in [1.807, 2.05) is 19.1 Å². The van der Waals surface area contributed by atoms with Gasteiger partial charge in [0.05, 0.1) is 11.5 Å². The molecule has 2 fully saturated rings. The molecule has 2 aliphatic carbocycles. The predicted octanol–water partition coefficient (Wildman–Crippen LogP) is 7.33. The van der Waals surface area contributed by atoms with E-state index in [1.54, 1.807) is 12.1 Å². The molecule has 0 bridgehead atoms. The SMILES string of the molecule is CC[Si](CC)(CC)O[C@H]1CCC[C@]2(C)[C@@H]([C@H](C)CCOS(=O)(=O)c3ccc(C)cc3)CC[C@@H]12. The van der Waals surface area contributed by atoms with Gasteiger partial charge >= 0.3 is 0 Å². The van der Waals surface area contributed by atoms with E-state index in [1.165, 1.54) is 50.2 Å². The van der Waals surface area contributed by atoms with Gasteiger partial charge in [-0.3, -0.25) is 4.18 Å². The summed E-state index contributed by atoms with van der Waals surface area (Å²) >= 11 is 0. The van der Waals surface area contributed by atoms with E-state index in [0.29, 0.717) is 29.3 Å². The fourth-order valence-corrected chi connectivity index (χ4v) is 10.7. The van der Waals surface area contributed by atoms with Crippen LogP contribution in [0, 0.1) is 30.1 Å². The second-order valence-electron chi connectivity index (χ2n) is 10.9. The number of hydrogen-bond acceptors (Lipinski definition) is 4. The molecule has 2 saturated carbocycles. The lowest BCUT2D eigenvalue weighted by atomic mass is 9.61. The Morgan fingerprint density at radius 3 is 2.30 bits per heavy atom. The highest BCUT2D eigenvalue weighted by Crippen LogP contribution is 2.59. The zero-order valence-electron chi connectivity index (χ0n) is 21.7. The molecule has 3 rings (SSSR count). The van der Waals surface area contributed by atoms with Gasteiger partial charge in [-0.2, -0.15) is 8.42 Å². The molecule has 1 aromatic rings. The number of rotatable bonds is 11. The van der Waals surface area contributed by atoms with Crippen molar-refractivity contribution in [1.82, 2.24) is 0 Å². The van der Waals surface area contributed by atoms with Crippen molar-refractivity contribution in [3.8, 4) is 0 Å². The highest BCUT2D eigenvalue weighted by Gasteiger charge is 2.53. The van der Waals surface area contributed by atoms with Gasteiger partial charge in [-0.05, 0) is 92.5 Å². The minimum atomic E-state index is -3.69. The van der Waals surface area contributed by atoms with Crippen LogP contribution in [0.3, 0.4) is 0 Å². The number of fused-ring (bicyclic) bond motifs is 1. The zero-order chi connectivity index (χ0) is 24.3. The predicted molar refractivity (Wildman–Crippen MR) is 138 cm³/mol. The molecule has 0 spiro atoms. The smallest absolute Gasteiger partial charge is 0.296 e. The Labute approximate surface area is 204 Å². The molecule has 4 nitrogen and oxygen atoms in total. The van der Waals surface area contributed by atoms with Gasteiger partial charge in [0.15, 0.2) is 8.32 Å². The Hall–Kier alpha value is -0.693. The molecular weight excluding hydrogens is 448 g/mol. The summed E-state index contributed by atoms with van der Waals surface area (Å²) in [6, 6.07) is 10.5. The normalized spacial score (nSPS) is 29.1. The first-order valence-electron chi connectivity index (χ1n) is 13.2. The quantitative estimate of drug-likeness (QED) is 0.239. The van der Waals surface area contributed by atoms with Crippen molar-refractivity contribution >= 4 is 18.4 Å². The van der Waals surface area contributed by atoms with Crippen LogP contribution in [0.4, 0.5) is 0 Å². The molecule has 188 valence electrons. The van der Waals surface area contributed by atoms with Crippen LogP contribution in [-0.2, 0) is 18.7 Å². The fourth-order valence-electron chi connectivity index (χ4n) is 6.87. The molecule has 0 unspecified atom stereocenters. The van der Waals surface area contributed by atoms with Crippen molar-refractivity contribution in [2.75, 3.05) is 6.61 Å². The highest BCUT2D eigenvalue weighted by molar-refractivity contribution is 7.86. The van der Waals surface area contributed by atoms with Gasteiger partial charge < -0.3 is 4.43 Å². The van der Waals surface area contributed by atoms with Crippen molar-refractivity contribution in [2.45, 2.75) is 109 Å². The van der Waals surface area contributed by atoms with E-state index in [-0.39, 0.29) is 11.5 Å². The average molecular weight is 495 g/mol. The Balaban J connectivity index is 1.61. The van der Waals surface area contributed by atoms with E-state index in [0.717, 1.165) is 12.0 Å². The van der Waals surface area contributed by atoms with Crippen LogP contribution in [0.5, 0.6) is 0 Å². The summed E-state index contributed by atoms with van der Waals surface area (Å²) in [5, 5.41) is 0. The van der Waals surface area contributed by atoms with Gasteiger partial charge in [0, 0.05) is 6.10 Å². The molecule has 33 heavy (non-hydrogen) atoms. The molecule has 0 N–H and O–H groups in total. The van der Waals surface area contributed by atoms with E-state index in [2.05, 4.69) is 34.6 Å². The Kier molecular flexibility index (Phi) is 8.91. The van der Waals surface area contributed by atoms with E-state index in [4.69, 9.17) is 8.61 Å². The zero-order valence-corrected chi connectivity index (χ0v) is 23.5. The summed E-state index contributed by atoms with van der Waals surface area (Å²) in [6.07, 6.45) is 7.42. The van der Waals surface area contributed by atoms with Crippen molar-refractivity contribution in [3.63, 3.8) is 0 Å². The molecular formula is C27H46O4SSi. The van der Waals surface area contributed by atoms with E-state index >= 15 is 0 Å². The van der Waals surface area contributed by atoms with Crippen molar-refractivity contribution in [2.24, 2.45) is 23.2 Å². The lowest BCUT2D eigenvalue weighted by molar-refractivity contribution is -0.0210. The largest absolute Gasteiger partial charge is 0.414 e. The standard InChI is InChI=1S/C27H46O4SSi/c1-7-33(8-2,9-3)31-26-11-10-19-27(6)24(16-17-25(26)27)22(5)18-20-30-32(28,29)23-14-12-21(4)13-15-23/h12-15,22,24-26H,7-11,16-20H2,1-6H3/t22-,24-,25+,26+,27-/m1/s1. The number of hydrogen-bond donors (Lipinski definition) is 0. The minimum absolute atomic E-state index is 0.247. The maximum Gasteiger partial charge on any atom is 0.296 e. The third-order valence-electron chi connectivity index (χ3n) is 9.28. The van der Waals surface area contributed by atoms with Gasteiger partial charge in [0.25, 0.3) is 10.1 Å². The van der Waals surface area contributed by atoms with Crippen LogP contribution >= 0.6 is 0 Å². The van der Waals surface area contributed by atoms with Crippen LogP contribution in [0.2, 0.25) is 18.1 Å². The molecule has 0 heterocycles. The van der Waals surface area contributed by atoms with Crippen LogP contribution in [0.25, 0.3) is 0 Å². The van der Waals surface area contributed by atoms with Gasteiger partial charge in [-0.15, -0.1) is 0 Å². The molecule has 0 amide bonds. The third kappa shape index (κ3) is 5.76. The van der Waals surface area contributed by atoms with Crippen molar-refractivity contribution in [3.05, 3.63) is 29.8 Å². The third-order valence-corrected chi connectivity index (χ3v) is 15.3. The van der Waals surface area contributed by atoms with Crippen LogP contribution in [0.1, 0.15) is 78.7 Å². The first kappa shape index (κ1) is 26.9. The Bertz CT molecular complexity index is 856. The highest BCUT2D eigenvalue weighted by atomic mass is 32.2. The topological polar surface area (TPSA) is 52.6 Å². The van der Waals surface area contributed by atoms with Crippen molar-refractivity contribution < 1.29 is 17.0 Å². The van der Waals surface area contributed by atoms with Gasteiger partial charge in [-0.1, -0.05) is 58.7 Å². The molecule has 2 aliphatic rings. The summed E-state index contributed by atoms with van der Waals surface area (Å²) in [5.74, 6) is 1.70. The fraction of sp³-hybridized carbons (Fsp3) is 0.778. The summed E-state index contributed by atoms with van der Waals surface area (Å²) < 4.78 is 37.6. The van der Waals surface area contributed by atoms with Crippen molar-refractivity contribution in [1.29, 1.82) is 0 Å². The van der Waals surface area contributed by atoms with Crippen LogP contribution in [0.15, 0.2) is 29.2 Å². The monoisotopic (exact) mass is 494 g/mol. The van der Waals surface area contributed by atoms with Gasteiger partial charge in [0.1, 0.15) is 0 Å². The number of aryl methyl sites for hydroxylation is 1. The molecule has 0 aromatic heterocycles. The van der Waals surface area contributed by atoms with E-state index < -0.39 is 18.4 Å². The molecule has 5 atom stereocenters. The number of benzene rings is 1. The maximum absolute atomic E-state index is 12.6. The second kappa shape index (κ2) is 10.9. The average Bonchev–Trinajstić information content (AvgIpc) is 3.15. The van der Waals surface area contributed by atoms with E-state index in [9.17, 15) is 8.42 Å². The summed E-state index contributed by atoms with van der Waals surface area (Å²) in [5.41, 5.74) is 1.34. The minimum Gasteiger partial charge on any atom is -0.414 e. The Morgan fingerprint density at radius 1 is 1.06 bits per heavy atom. The maximum atomic E-state index is 12.6. The summed E-state index contributed by atoms with van der Waals surface area (Å²) in [7, 11) is -5.30. The molecule has 1 aromatic carbocycles. The van der Waals surface area contributed by atoms with Crippen LogP contribution < -0.4 is 0 Å². The molecule has 0 aliphatic heterocycles. The molecule has 0 saturated heterocycles. The summed E-state index contributed by atoms with van der Waals surface area (Å²) in [4.78, 5) is 0.247. The first-order valence-corrected chi connectivity index (χ1v) is 17.2. The lowest BCUT2D eigenvalue weighted by Gasteiger charge is -2.49. The molecule has 0 radical (unpaired) electrons. The lowest BCUT2D eigenvalue weighted by Crippen LogP contribution is -2.48. The summed E-state index contributed by atoms with van der Waals surface area (Å²) in [6.45, 7) is 14.0. The van der Waals surface area contributed by atoms with Gasteiger partial charge in [0.2, 0.25) is 0 Å². The molecule has 6 heteroatoms.